The number of aromatic hydroxyl groups is 2. The van der Waals surface area contributed by atoms with Gasteiger partial charge in [0.1, 0.15) is 17.2 Å². The molecular weight excluding hydrogens is 288 g/mol. The number of rotatable bonds is 2. The minimum absolute atomic E-state index is 0.146. The van der Waals surface area contributed by atoms with E-state index in [0.29, 0.717) is 12.5 Å². The summed E-state index contributed by atoms with van der Waals surface area (Å²) in [6.45, 7) is 8.93. The summed E-state index contributed by atoms with van der Waals surface area (Å²) >= 11 is 0. The Bertz CT molecular complexity index is 648. The molecule has 1 aliphatic heterocycles. The molecule has 2 N–H and O–H groups in total. The summed E-state index contributed by atoms with van der Waals surface area (Å²) in [5.74, 6) is 1.60. The number of phenols is 2. The molecule has 0 bridgehead atoms. The first-order chi connectivity index (χ1) is 11.0. The maximum atomic E-state index is 9.62. The van der Waals surface area contributed by atoms with Crippen LogP contribution >= 0.6 is 0 Å². The average Bonchev–Trinajstić information content (AvgIpc) is 2.57. The molecule has 0 aromatic heterocycles. The second-order valence-electron chi connectivity index (χ2n) is 5.94. The van der Waals surface area contributed by atoms with E-state index in [9.17, 15) is 10.2 Å². The molecule has 124 valence electrons. The van der Waals surface area contributed by atoms with Gasteiger partial charge >= 0.3 is 0 Å². The second kappa shape index (κ2) is 6.95. The van der Waals surface area contributed by atoms with Crippen LogP contribution in [0.25, 0.3) is 0 Å². The minimum Gasteiger partial charge on any atom is -0.508 e. The van der Waals surface area contributed by atoms with Crippen LogP contribution in [0.15, 0.2) is 42.5 Å². The number of phenolic OH excluding ortho intramolecular Hbond substituents is 2. The molecule has 0 amide bonds. The van der Waals surface area contributed by atoms with Crippen LogP contribution in [0, 0.1) is 0 Å². The van der Waals surface area contributed by atoms with E-state index in [1.807, 2.05) is 32.0 Å². The molecule has 0 aliphatic carbocycles. The first-order valence-electron chi connectivity index (χ1n) is 8.30. The van der Waals surface area contributed by atoms with Crippen LogP contribution in [0.1, 0.15) is 51.2 Å². The van der Waals surface area contributed by atoms with E-state index in [-0.39, 0.29) is 16.9 Å². The highest BCUT2D eigenvalue weighted by molar-refractivity contribution is 5.48. The Morgan fingerprint density at radius 3 is 2.26 bits per heavy atom. The van der Waals surface area contributed by atoms with Crippen LogP contribution in [0.3, 0.4) is 0 Å². The maximum Gasteiger partial charge on any atom is 0.126 e. The molecule has 3 heteroatoms. The van der Waals surface area contributed by atoms with Gasteiger partial charge in [-0.3, -0.25) is 0 Å². The lowest BCUT2D eigenvalue weighted by atomic mass is 9.67. The van der Waals surface area contributed by atoms with Gasteiger partial charge in [-0.1, -0.05) is 45.9 Å². The van der Waals surface area contributed by atoms with Crippen LogP contribution in [0.5, 0.6) is 17.2 Å². The largest absolute Gasteiger partial charge is 0.508 e. The molecule has 23 heavy (non-hydrogen) atoms. The van der Waals surface area contributed by atoms with Crippen molar-refractivity contribution in [1.29, 1.82) is 0 Å². The molecule has 2 aromatic carbocycles. The summed E-state index contributed by atoms with van der Waals surface area (Å²) in [5, 5.41) is 19.1. The Morgan fingerprint density at radius 2 is 1.65 bits per heavy atom. The molecule has 0 saturated heterocycles. The van der Waals surface area contributed by atoms with Crippen molar-refractivity contribution < 1.29 is 14.9 Å². The zero-order chi connectivity index (χ0) is 17.0. The van der Waals surface area contributed by atoms with Crippen molar-refractivity contribution in [1.82, 2.24) is 0 Å². The number of benzene rings is 2. The predicted octanol–water partition coefficient (Wildman–Crippen LogP) is 4.97. The fourth-order valence-corrected chi connectivity index (χ4v) is 3.40. The van der Waals surface area contributed by atoms with Gasteiger partial charge in [0.2, 0.25) is 0 Å². The van der Waals surface area contributed by atoms with Crippen LogP contribution in [-0.2, 0) is 5.41 Å². The van der Waals surface area contributed by atoms with Gasteiger partial charge < -0.3 is 14.9 Å². The molecular formula is C20H26O3. The summed E-state index contributed by atoms with van der Waals surface area (Å²) in [5.41, 5.74) is 2.15. The summed E-state index contributed by atoms with van der Waals surface area (Å²) in [4.78, 5) is 0. The molecule has 0 fully saturated rings. The SMILES string of the molecule is CC.CCC1c2ccc(O)cc2OC[C@]1(C)c1ccc(O)cc1. The number of ether oxygens (including phenoxy) is 1. The minimum atomic E-state index is -0.146. The van der Waals surface area contributed by atoms with Crippen LogP contribution in [0.2, 0.25) is 0 Å². The summed E-state index contributed by atoms with van der Waals surface area (Å²) < 4.78 is 5.91. The molecule has 1 heterocycles. The van der Waals surface area contributed by atoms with E-state index in [2.05, 4.69) is 13.8 Å². The Kier molecular flexibility index (Phi) is 5.19. The molecule has 2 aromatic rings. The third-order valence-corrected chi connectivity index (χ3v) is 4.60. The molecule has 3 rings (SSSR count). The Balaban J connectivity index is 0.000000924. The quantitative estimate of drug-likeness (QED) is 0.823. The van der Waals surface area contributed by atoms with E-state index >= 15 is 0 Å². The van der Waals surface area contributed by atoms with E-state index in [0.717, 1.165) is 23.3 Å². The third kappa shape index (κ3) is 3.14. The van der Waals surface area contributed by atoms with Gasteiger partial charge in [-0.15, -0.1) is 0 Å². The molecule has 2 atom stereocenters. The normalized spacial score (nSPS) is 22.3. The van der Waals surface area contributed by atoms with Gasteiger partial charge in [0.05, 0.1) is 6.61 Å². The number of hydrogen-bond acceptors (Lipinski definition) is 3. The lowest BCUT2D eigenvalue weighted by Crippen LogP contribution is -2.40. The van der Waals surface area contributed by atoms with Crippen LogP contribution in [-0.4, -0.2) is 16.8 Å². The lowest BCUT2D eigenvalue weighted by Gasteiger charge is -2.42. The molecule has 1 aliphatic rings. The zero-order valence-electron chi connectivity index (χ0n) is 14.3. The van der Waals surface area contributed by atoms with E-state index < -0.39 is 0 Å². The van der Waals surface area contributed by atoms with Crippen molar-refractivity contribution in [3.63, 3.8) is 0 Å². The van der Waals surface area contributed by atoms with Gasteiger partial charge in [-0.25, -0.2) is 0 Å². The molecule has 0 saturated carbocycles. The predicted molar refractivity (Wildman–Crippen MR) is 93.4 cm³/mol. The number of hydrogen-bond donors (Lipinski definition) is 2. The topological polar surface area (TPSA) is 49.7 Å². The zero-order valence-corrected chi connectivity index (χ0v) is 14.3. The van der Waals surface area contributed by atoms with Gasteiger partial charge in [-0.2, -0.15) is 0 Å². The summed E-state index contributed by atoms with van der Waals surface area (Å²) in [7, 11) is 0. The van der Waals surface area contributed by atoms with Crippen LogP contribution < -0.4 is 4.74 Å². The van der Waals surface area contributed by atoms with E-state index in [4.69, 9.17) is 4.74 Å². The first kappa shape index (κ1) is 17.2. The van der Waals surface area contributed by atoms with Crippen molar-refractivity contribution in [2.75, 3.05) is 6.61 Å². The molecule has 0 radical (unpaired) electrons. The van der Waals surface area contributed by atoms with Crippen molar-refractivity contribution in [2.45, 2.75) is 45.4 Å². The molecule has 0 spiro atoms. The third-order valence-electron chi connectivity index (χ3n) is 4.60. The summed E-state index contributed by atoms with van der Waals surface area (Å²) in [6.07, 6.45) is 0.985. The molecule has 1 unspecified atom stereocenters. The van der Waals surface area contributed by atoms with Gasteiger partial charge in [-0.05, 0) is 41.7 Å². The lowest BCUT2D eigenvalue weighted by molar-refractivity contribution is 0.166. The highest BCUT2D eigenvalue weighted by Crippen LogP contribution is 2.48. The van der Waals surface area contributed by atoms with Crippen molar-refractivity contribution in [3.8, 4) is 17.2 Å². The standard InChI is InChI=1S/C18H20O3.C2H6/c1-3-16-15-9-8-14(20)10-17(15)21-11-18(16,2)12-4-6-13(19)7-5-12;1-2/h4-10,16,19-20H,3,11H2,1-2H3;1-2H3/t16?,18-;/m1./s1. The fraction of sp³-hybridized carbons (Fsp3) is 0.400. The highest BCUT2D eigenvalue weighted by Gasteiger charge is 2.41. The maximum absolute atomic E-state index is 9.62. The van der Waals surface area contributed by atoms with E-state index in [1.54, 1.807) is 24.3 Å². The average molecular weight is 314 g/mol. The summed E-state index contributed by atoms with van der Waals surface area (Å²) in [6, 6.07) is 12.7. The Morgan fingerprint density at radius 1 is 1.04 bits per heavy atom. The highest BCUT2D eigenvalue weighted by atomic mass is 16.5. The van der Waals surface area contributed by atoms with E-state index in [1.165, 1.54) is 0 Å². The fourth-order valence-electron chi connectivity index (χ4n) is 3.40. The first-order valence-corrected chi connectivity index (χ1v) is 8.30. The van der Waals surface area contributed by atoms with Crippen molar-refractivity contribution >= 4 is 0 Å². The van der Waals surface area contributed by atoms with Crippen molar-refractivity contribution in [2.24, 2.45) is 0 Å². The second-order valence-corrected chi connectivity index (χ2v) is 5.94. The van der Waals surface area contributed by atoms with Gasteiger partial charge in [0, 0.05) is 11.5 Å². The smallest absolute Gasteiger partial charge is 0.126 e. The Hall–Kier alpha value is -2.16. The van der Waals surface area contributed by atoms with Crippen LogP contribution in [0.4, 0.5) is 0 Å². The van der Waals surface area contributed by atoms with Gasteiger partial charge in [0.15, 0.2) is 0 Å². The van der Waals surface area contributed by atoms with Gasteiger partial charge in [0.25, 0.3) is 0 Å². The van der Waals surface area contributed by atoms with Crippen molar-refractivity contribution in [3.05, 3.63) is 53.6 Å². The monoisotopic (exact) mass is 314 g/mol. The molecule has 3 nitrogen and oxygen atoms in total. The Labute approximate surface area is 138 Å². The number of fused-ring (bicyclic) bond motifs is 1.